The summed E-state index contributed by atoms with van der Waals surface area (Å²) in [6.45, 7) is 1.92. The van der Waals surface area contributed by atoms with E-state index in [0.717, 1.165) is 4.90 Å². The number of fused-ring (bicyclic) bond motifs is 2. The van der Waals surface area contributed by atoms with Gasteiger partial charge in [0.2, 0.25) is 5.91 Å². The molecule has 9 nitrogen and oxygen atoms in total. The number of carbonyl (C=O) groups is 3. The van der Waals surface area contributed by atoms with E-state index in [9.17, 15) is 22.8 Å². The van der Waals surface area contributed by atoms with Crippen LogP contribution in [0.15, 0.2) is 24.3 Å². The Hall–Kier alpha value is -2.62. The second-order valence-electron chi connectivity index (χ2n) is 7.56. The van der Waals surface area contributed by atoms with Crippen LogP contribution in [0.5, 0.6) is 5.75 Å². The molecule has 0 aliphatic carbocycles. The van der Waals surface area contributed by atoms with Crippen LogP contribution in [0.25, 0.3) is 0 Å². The number of sulfone groups is 1. The molecule has 0 aromatic heterocycles. The van der Waals surface area contributed by atoms with Crippen molar-refractivity contribution in [3.05, 3.63) is 29.8 Å². The van der Waals surface area contributed by atoms with Crippen molar-refractivity contribution >= 4 is 27.7 Å². The second-order valence-corrected chi connectivity index (χ2v) is 9.79. The molecule has 0 radical (unpaired) electrons. The number of imide groups is 1. The number of para-hydroxylation sites is 1. The highest BCUT2D eigenvalue weighted by atomic mass is 32.2. The largest absolute Gasteiger partial charge is 0.493 e. The first-order valence-electron chi connectivity index (χ1n) is 9.64. The molecule has 29 heavy (non-hydrogen) atoms. The van der Waals surface area contributed by atoms with Gasteiger partial charge in [0.25, 0.3) is 5.91 Å². The van der Waals surface area contributed by atoms with Crippen molar-refractivity contribution in [2.75, 3.05) is 31.2 Å². The number of hydrogen-bond acceptors (Lipinski definition) is 6. The fourth-order valence-electron chi connectivity index (χ4n) is 4.40. The first-order chi connectivity index (χ1) is 13.8. The molecular formula is C19H23N3O6S. The van der Waals surface area contributed by atoms with Gasteiger partial charge in [-0.25, -0.2) is 13.2 Å². The minimum absolute atomic E-state index is 0.0461. The standard InChI is InChI=1S/C19H23N3O6S/c1-2-21(13-7-10-29(26,27)12-13)16(23)11-22-17(24)19(20-18(22)25)8-9-28-15-6-4-3-5-14(15)19/h3-6,13H,2,7-12H2,1H3,(H,20,25)/t13-,19+/m0/s1. The lowest BCUT2D eigenvalue weighted by Gasteiger charge is -2.33. The van der Waals surface area contributed by atoms with Crippen molar-refractivity contribution in [3.8, 4) is 5.75 Å². The highest BCUT2D eigenvalue weighted by Gasteiger charge is 2.55. The van der Waals surface area contributed by atoms with Crippen LogP contribution in [0, 0.1) is 0 Å². The Morgan fingerprint density at radius 2 is 2.10 bits per heavy atom. The summed E-state index contributed by atoms with van der Waals surface area (Å²) in [5, 5.41) is 2.76. The number of rotatable bonds is 4. The Morgan fingerprint density at radius 1 is 1.34 bits per heavy atom. The van der Waals surface area contributed by atoms with Crippen LogP contribution in [0.3, 0.4) is 0 Å². The Morgan fingerprint density at radius 3 is 2.79 bits per heavy atom. The SMILES string of the molecule is CCN(C(=O)CN1C(=O)N[C@@]2(CCOc3ccccc32)C1=O)[C@H]1CCS(=O)(=O)C1. The Labute approximate surface area is 168 Å². The molecule has 1 spiro atoms. The number of nitrogens with zero attached hydrogens (tertiary/aromatic N) is 2. The number of amides is 4. The smallest absolute Gasteiger partial charge is 0.325 e. The summed E-state index contributed by atoms with van der Waals surface area (Å²) in [6.07, 6.45) is 0.647. The molecule has 3 aliphatic heterocycles. The average Bonchev–Trinajstić information content (AvgIpc) is 3.15. The maximum Gasteiger partial charge on any atom is 0.325 e. The molecule has 2 atom stereocenters. The summed E-state index contributed by atoms with van der Waals surface area (Å²) in [5.74, 6) is -0.421. The number of urea groups is 1. The van der Waals surface area contributed by atoms with E-state index in [-0.39, 0.29) is 24.5 Å². The summed E-state index contributed by atoms with van der Waals surface area (Å²) >= 11 is 0. The third kappa shape index (κ3) is 3.25. The van der Waals surface area contributed by atoms with Gasteiger partial charge in [0.1, 0.15) is 12.3 Å². The molecular weight excluding hydrogens is 398 g/mol. The summed E-state index contributed by atoms with van der Waals surface area (Å²) in [6, 6.07) is 5.98. The number of ether oxygens (including phenoxy) is 1. The summed E-state index contributed by atoms with van der Waals surface area (Å²) < 4.78 is 29.1. The third-order valence-electron chi connectivity index (χ3n) is 5.86. The van der Waals surface area contributed by atoms with E-state index in [4.69, 9.17) is 4.74 Å². The summed E-state index contributed by atoms with van der Waals surface area (Å²) in [4.78, 5) is 41.1. The van der Waals surface area contributed by atoms with Crippen LogP contribution < -0.4 is 10.1 Å². The fraction of sp³-hybridized carbons (Fsp3) is 0.526. The zero-order valence-electron chi connectivity index (χ0n) is 16.1. The lowest BCUT2D eigenvalue weighted by atomic mass is 9.84. The van der Waals surface area contributed by atoms with Crippen molar-refractivity contribution in [2.45, 2.75) is 31.3 Å². The number of likely N-dealkylation sites (N-methyl/N-ethyl adjacent to an activating group) is 1. The predicted octanol–water partition coefficient (Wildman–Crippen LogP) is 0.252. The molecule has 0 bridgehead atoms. The topological polar surface area (TPSA) is 113 Å². The minimum Gasteiger partial charge on any atom is -0.493 e. The van der Waals surface area contributed by atoms with E-state index < -0.39 is 45.8 Å². The van der Waals surface area contributed by atoms with Crippen LogP contribution >= 0.6 is 0 Å². The van der Waals surface area contributed by atoms with Gasteiger partial charge < -0.3 is 15.0 Å². The van der Waals surface area contributed by atoms with Gasteiger partial charge in [-0.1, -0.05) is 18.2 Å². The maximum absolute atomic E-state index is 13.2. The predicted molar refractivity (Wildman–Crippen MR) is 103 cm³/mol. The van der Waals surface area contributed by atoms with Crippen LogP contribution in [0.1, 0.15) is 25.3 Å². The van der Waals surface area contributed by atoms with Gasteiger partial charge in [-0.15, -0.1) is 0 Å². The van der Waals surface area contributed by atoms with Gasteiger partial charge in [-0.3, -0.25) is 14.5 Å². The van der Waals surface area contributed by atoms with E-state index in [0.29, 0.717) is 24.3 Å². The minimum atomic E-state index is -3.16. The van der Waals surface area contributed by atoms with Crippen LogP contribution in [-0.4, -0.2) is 73.3 Å². The van der Waals surface area contributed by atoms with Crippen LogP contribution in [-0.2, 0) is 25.0 Å². The van der Waals surface area contributed by atoms with Crippen molar-refractivity contribution in [1.82, 2.24) is 15.1 Å². The lowest BCUT2D eigenvalue weighted by Crippen LogP contribution is -2.49. The molecule has 156 valence electrons. The number of nitrogens with one attached hydrogen (secondary N) is 1. The zero-order chi connectivity index (χ0) is 20.8. The van der Waals surface area contributed by atoms with E-state index in [1.807, 2.05) is 0 Å². The fourth-order valence-corrected chi connectivity index (χ4v) is 6.13. The van der Waals surface area contributed by atoms with Crippen LogP contribution in [0.2, 0.25) is 0 Å². The molecule has 2 saturated heterocycles. The molecule has 3 aliphatic rings. The molecule has 1 aromatic carbocycles. The van der Waals surface area contributed by atoms with E-state index in [2.05, 4.69) is 5.32 Å². The molecule has 0 unspecified atom stereocenters. The first kappa shape index (κ1) is 19.7. The zero-order valence-corrected chi connectivity index (χ0v) is 16.9. The normalized spacial score (nSPS) is 27.5. The van der Waals surface area contributed by atoms with Gasteiger partial charge in [0, 0.05) is 24.6 Å². The molecule has 10 heteroatoms. The van der Waals surface area contributed by atoms with Crippen LogP contribution in [0.4, 0.5) is 4.79 Å². The van der Waals surface area contributed by atoms with Gasteiger partial charge in [0.05, 0.1) is 18.1 Å². The number of carbonyl (C=O) groups excluding carboxylic acids is 3. The molecule has 4 rings (SSSR count). The van der Waals surface area contributed by atoms with E-state index in [1.165, 1.54) is 4.90 Å². The highest BCUT2D eigenvalue weighted by molar-refractivity contribution is 7.91. The molecule has 0 saturated carbocycles. The van der Waals surface area contributed by atoms with Crippen molar-refractivity contribution < 1.29 is 27.5 Å². The quantitative estimate of drug-likeness (QED) is 0.698. The maximum atomic E-state index is 13.2. The van der Waals surface area contributed by atoms with Gasteiger partial charge >= 0.3 is 6.03 Å². The lowest BCUT2D eigenvalue weighted by molar-refractivity contribution is -0.140. The van der Waals surface area contributed by atoms with Crippen molar-refractivity contribution in [2.24, 2.45) is 0 Å². The average molecular weight is 421 g/mol. The molecule has 2 fully saturated rings. The second kappa shape index (κ2) is 7.01. The third-order valence-corrected chi connectivity index (χ3v) is 7.61. The van der Waals surface area contributed by atoms with Gasteiger partial charge in [-0.05, 0) is 19.4 Å². The Balaban J connectivity index is 1.55. The van der Waals surface area contributed by atoms with Crippen molar-refractivity contribution in [3.63, 3.8) is 0 Å². The van der Waals surface area contributed by atoms with Gasteiger partial charge in [0.15, 0.2) is 15.4 Å². The number of benzene rings is 1. The summed E-state index contributed by atoms with van der Waals surface area (Å²) in [5.41, 5.74) is -0.659. The Kier molecular flexibility index (Phi) is 4.76. The number of hydrogen-bond donors (Lipinski definition) is 1. The molecule has 3 heterocycles. The monoisotopic (exact) mass is 421 g/mol. The molecule has 1 N–H and O–H groups in total. The van der Waals surface area contributed by atoms with Gasteiger partial charge in [-0.2, -0.15) is 0 Å². The molecule has 4 amide bonds. The van der Waals surface area contributed by atoms with Crippen molar-refractivity contribution in [1.29, 1.82) is 0 Å². The van der Waals surface area contributed by atoms with E-state index in [1.54, 1.807) is 31.2 Å². The summed E-state index contributed by atoms with van der Waals surface area (Å²) in [7, 11) is -3.16. The Bertz CT molecular complexity index is 978. The first-order valence-corrected chi connectivity index (χ1v) is 11.5. The highest BCUT2D eigenvalue weighted by Crippen LogP contribution is 2.40. The molecule has 1 aromatic rings. The van der Waals surface area contributed by atoms with E-state index >= 15 is 0 Å².